The van der Waals surface area contributed by atoms with Gasteiger partial charge >= 0.3 is 0 Å². The van der Waals surface area contributed by atoms with Crippen LogP contribution in [0.2, 0.25) is 0 Å². The van der Waals surface area contributed by atoms with Crippen LogP contribution in [-0.4, -0.2) is 11.7 Å². The van der Waals surface area contributed by atoms with E-state index in [0.29, 0.717) is 0 Å². The van der Waals surface area contributed by atoms with Gasteiger partial charge in [-0.1, -0.05) is 24.9 Å². The summed E-state index contributed by atoms with van der Waals surface area (Å²) in [5.74, 6) is 0. The van der Waals surface area contributed by atoms with Crippen LogP contribution in [0.4, 0.5) is 0 Å². The smallest absolute Gasteiger partial charge is 0.0902 e. The van der Waals surface area contributed by atoms with E-state index in [4.69, 9.17) is 0 Å². The molecule has 0 amide bonds. The summed E-state index contributed by atoms with van der Waals surface area (Å²) in [6.45, 7) is 3.43. The van der Waals surface area contributed by atoms with Gasteiger partial charge in [-0.2, -0.15) is 0 Å². The Labute approximate surface area is 58.3 Å². The number of nitrogens with zero attached hydrogens (tertiary/aromatic N) is 1. The van der Waals surface area contributed by atoms with E-state index in [1.54, 1.807) is 12.3 Å². The number of rotatable bonds is 4. The predicted octanol–water partition coefficient (Wildman–Crippen LogP) is 1.35. The quantitative estimate of drug-likeness (QED) is 0.280. The van der Waals surface area contributed by atoms with Crippen LogP contribution < -0.4 is 4.72 Å². The molecule has 0 unspecified atom stereocenters. The van der Waals surface area contributed by atoms with Crippen molar-refractivity contribution < 1.29 is 0 Å². The van der Waals surface area contributed by atoms with E-state index in [2.05, 4.69) is 27.9 Å². The van der Waals surface area contributed by atoms with Crippen molar-refractivity contribution in [1.82, 2.24) is 4.72 Å². The fraction of sp³-hybridized carbons (Fsp3) is 0. The van der Waals surface area contributed by atoms with Crippen LogP contribution in [-0.2, 0) is 0 Å². The van der Waals surface area contributed by atoms with Crippen molar-refractivity contribution in [2.75, 3.05) is 0 Å². The minimum atomic E-state index is 1.17. The summed E-state index contributed by atoms with van der Waals surface area (Å²) < 4.78 is 6.39. The van der Waals surface area contributed by atoms with Gasteiger partial charge < -0.3 is 4.72 Å². The van der Waals surface area contributed by atoms with Crippen molar-refractivity contribution in [3.63, 3.8) is 0 Å². The van der Waals surface area contributed by atoms with Gasteiger partial charge in [0, 0.05) is 6.21 Å². The first-order chi connectivity index (χ1) is 3.91. The van der Waals surface area contributed by atoms with Crippen LogP contribution in [0, 0.1) is 0 Å². The lowest BCUT2D eigenvalue weighted by Crippen LogP contribution is -1.91. The summed E-state index contributed by atoms with van der Waals surface area (Å²) >= 11 is 5.61. The van der Waals surface area contributed by atoms with Crippen LogP contribution in [0.1, 0.15) is 0 Å². The van der Waals surface area contributed by atoms with Crippen LogP contribution >= 0.6 is 24.4 Å². The van der Waals surface area contributed by atoms with Crippen molar-refractivity contribution >= 4 is 36.1 Å². The molecular formula is C4H6N2S2. The second-order valence-electron chi connectivity index (χ2n) is 0.817. The van der Waals surface area contributed by atoms with Gasteiger partial charge in [0.25, 0.3) is 0 Å². The van der Waals surface area contributed by atoms with Gasteiger partial charge in [-0.15, -0.1) is 0 Å². The first kappa shape index (κ1) is 7.65. The number of allylic oxidation sites excluding steroid dienone is 1. The molecule has 2 nitrogen and oxygen atoms in total. The van der Waals surface area contributed by atoms with E-state index < -0.39 is 0 Å². The maximum absolute atomic E-state index is 4.44. The van der Waals surface area contributed by atoms with Gasteiger partial charge in [-0.3, -0.25) is 0 Å². The molecule has 0 atom stereocenters. The third kappa shape index (κ3) is 5.65. The number of thiocarbonyl (C=S) groups is 1. The van der Waals surface area contributed by atoms with E-state index in [0.717, 1.165) is 0 Å². The van der Waals surface area contributed by atoms with Crippen molar-refractivity contribution in [3.05, 3.63) is 12.7 Å². The molecule has 0 rings (SSSR count). The average molecular weight is 146 g/mol. The third-order valence-electron chi connectivity index (χ3n) is 0.320. The first-order valence-electron chi connectivity index (χ1n) is 1.91. The summed E-state index contributed by atoms with van der Waals surface area (Å²) in [6.07, 6.45) is 3.18. The third-order valence-corrected chi connectivity index (χ3v) is 1.04. The van der Waals surface area contributed by atoms with Gasteiger partial charge in [-0.05, 0) is 0 Å². The standard InChI is InChI=1S/C4H6N2S2/c1-2-3-5-8-6-4-7/h2-4H,1H2,(H,6,7). The largest absolute Gasteiger partial charge is 0.307 e. The summed E-state index contributed by atoms with van der Waals surface area (Å²) in [5.41, 5.74) is 1.39. The van der Waals surface area contributed by atoms with Crippen LogP contribution in [0.25, 0.3) is 0 Å². The fourth-order valence-electron chi connectivity index (χ4n) is 0.125. The summed E-state index contributed by atoms with van der Waals surface area (Å²) in [4.78, 5) is 0. The Morgan fingerprint density at radius 2 is 2.50 bits per heavy atom. The summed E-state index contributed by atoms with van der Waals surface area (Å²) in [5, 5.41) is 0. The van der Waals surface area contributed by atoms with Gasteiger partial charge in [-0.25, -0.2) is 4.40 Å². The lowest BCUT2D eigenvalue weighted by molar-refractivity contribution is 1.64. The molecule has 0 aromatic rings. The molecule has 0 spiro atoms. The number of nitrogens with one attached hydrogen (secondary N) is 1. The van der Waals surface area contributed by atoms with Gasteiger partial charge in [0.15, 0.2) is 0 Å². The molecule has 0 aromatic carbocycles. The Balaban J connectivity index is 3.02. The number of hydrogen-bond donors (Lipinski definition) is 1. The molecule has 44 valence electrons. The monoisotopic (exact) mass is 146 g/mol. The molecule has 0 saturated carbocycles. The zero-order chi connectivity index (χ0) is 6.24. The zero-order valence-electron chi connectivity index (χ0n) is 4.20. The molecular weight excluding hydrogens is 140 g/mol. The van der Waals surface area contributed by atoms with E-state index in [1.165, 1.54) is 17.6 Å². The molecule has 0 saturated heterocycles. The maximum Gasteiger partial charge on any atom is 0.0902 e. The molecule has 0 aromatic heterocycles. The van der Waals surface area contributed by atoms with E-state index >= 15 is 0 Å². The van der Waals surface area contributed by atoms with Crippen LogP contribution in [0.15, 0.2) is 17.1 Å². The molecule has 0 aliphatic carbocycles. The zero-order valence-corrected chi connectivity index (χ0v) is 5.84. The fourth-order valence-corrected chi connectivity index (χ4v) is 0.505. The molecule has 1 N–H and O–H groups in total. The highest BCUT2D eigenvalue weighted by Gasteiger charge is 1.67. The Bertz CT molecular complexity index is 100. The van der Waals surface area contributed by atoms with Crippen molar-refractivity contribution in [2.45, 2.75) is 0 Å². The SMILES string of the molecule is C=CC=NSNC=S. The molecule has 4 heteroatoms. The van der Waals surface area contributed by atoms with Crippen molar-refractivity contribution in [2.24, 2.45) is 4.40 Å². The Kier molecular flexibility index (Phi) is 6.36. The molecule has 0 aliphatic rings. The Morgan fingerprint density at radius 1 is 1.75 bits per heavy atom. The lowest BCUT2D eigenvalue weighted by Gasteiger charge is -1.83. The Hall–Kier alpha value is -0.350. The van der Waals surface area contributed by atoms with Crippen LogP contribution in [0.3, 0.4) is 0 Å². The molecule has 0 bridgehead atoms. The minimum absolute atomic E-state index is 1.17. The topological polar surface area (TPSA) is 24.4 Å². The summed E-state index contributed by atoms with van der Waals surface area (Å²) in [6, 6.07) is 0. The predicted molar refractivity (Wildman–Crippen MR) is 43.1 cm³/mol. The molecule has 0 radical (unpaired) electrons. The van der Waals surface area contributed by atoms with Crippen molar-refractivity contribution in [1.29, 1.82) is 0 Å². The van der Waals surface area contributed by atoms with Crippen molar-refractivity contribution in [3.8, 4) is 0 Å². The second kappa shape index (κ2) is 6.65. The molecule has 0 heterocycles. The van der Waals surface area contributed by atoms with E-state index in [9.17, 15) is 0 Å². The van der Waals surface area contributed by atoms with Gasteiger partial charge in [0.05, 0.1) is 17.6 Å². The highest BCUT2D eigenvalue weighted by atomic mass is 32.2. The second-order valence-corrected chi connectivity index (χ2v) is 1.68. The number of hydrogen-bond acceptors (Lipinski definition) is 3. The van der Waals surface area contributed by atoms with Gasteiger partial charge in [0.1, 0.15) is 0 Å². The normalized spacial score (nSPS) is 9.00. The lowest BCUT2D eigenvalue weighted by atomic mass is 10.7. The molecule has 0 aliphatic heterocycles. The summed E-state index contributed by atoms with van der Waals surface area (Å²) in [7, 11) is 0. The highest BCUT2D eigenvalue weighted by molar-refractivity contribution is 7.97. The highest BCUT2D eigenvalue weighted by Crippen LogP contribution is 1.88. The van der Waals surface area contributed by atoms with E-state index in [-0.39, 0.29) is 0 Å². The minimum Gasteiger partial charge on any atom is -0.307 e. The van der Waals surface area contributed by atoms with Crippen LogP contribution in [0.5, 0.6) is 0 Å². The molecule has 8 heavy (non-hydrogen) atoms. The average Bonchev–Trinajstić information content (AvgIpc) is 1.81. The Morgan fingerprint density at radius 3 is 3.00 bits per heavy atom. The van der Waals surface area contributed by atoms with Gasteiger partial charge in [0.2, 0.25) is 0 Å². The maximum atomic E-state index is 4.44. The van der Waals surface area contributed by atoms with E-state index in [1.807, 2.05) is 0 Å². The first-order valence-corrected chi connectivity index (χ1v) is 3.16. The molecule has 0 fully saturated rings.